The minimum atomic E-state index is -3.67. The monoisotopic (exact) mass is 224 g/mol. The standard InChI is InChI=1S/C5H4O2S.CH4O3S/c6-5(7)4-1-2-8-3-4;1-5(2,3)4/h1-3H,(H,6,7);1H3,(H,2,3,4). The van der Waals surface area contributed by atoms with E-state index in [1.807, 2.05) is 0 Å². The lowest BCUT2D eigenvalue weighted by molar-refractivity contribution is 0.0697. The fourth-order valence-electron chi connectivity index (χ4n) is 0.386. The van der Waals surface area contributed by atoms with Gasteiger partial charge in [0, 0.05) is 5.38 Å². The maximum Gasteiger partial charge on any atom is 0.336 e. The Morgan fingerprint density at radius 1 is 1.54 bits per heavy atom. The quantitative estimate of drug-likeness (QED) is 0.693. The van der Waals surface area contributed by atoms with Crippen molar-refractivity contribution in [2.75, 3.05) is 6.26 Å². The van der Waals surface area contributed by atoms with E-state index in [1.165, 1.54) is 11.3 Å². The van der Waals surface area contributed by atoms with Crippen LogP contribution in [0.15, 0.2) is 16.8 Å². The second-order valence-electron chi connectivity index (χ2n) is 2.05. The number of aromatic carboxylic acids is 1. The molecular formula is C6H8O5S2. The molecule has 0 fully saturated rings. The van der Waals surface area contributed by atoms with Crippen molar-refractivity contribution in [1.29, 1.82) is 0 Å². The Hall–Kier alpha value is -0.920. The highest BCUT2D eigenvalue weighted by molar-refractivity contribution is 7.85. The second kappa shape index (κ2) is 4.95. The molecule has 0 spiro atoms. The molecule has 0 radical (unpaired) electrons. The van der Waals surface area contributed by atoms with Crippen LogP contribution >= 0.6 is 11.3 Å². The highest BCUT2D eigenvalue weighted by atomic mass is 32.2. The van der Waals surface area contributed by atoms with E-state index in [0.717, 1.165) is 0 Å². The molecule has 0 aliphatic carbocycles. The summed E-state index contributed by atoms with van der Waals surface area (Å²) in [6, 6.07) is 1.58. The molecule has 5 nitrogen and oxygen atoms in total. The Balaban J connectivity index is 0.000000252. The minimum absolute atomic E-state index is 0.370. The summed E-state index contributed by atoms with van der Waals surface area (Å²) in [4.78, 5) is 10.1. The maximum absolute atomic E-state index is 10.1. The molecule has 1 aromatic rings. The number of rotatable bonds is 1. The van der Waals surface area contributed by atoms with E-state index in [0.29, 0.717) is 11.8 Å². The van der Waals surface area contributed by atoms with Crippen LogP contribution in [0.1, 0.15) is 10.4 Å². The molecule has 0 aliphatic heterocycles. The van der Waals surface area contributed by atoms with Gasteiger partial charge in [-0.2, -0.15) is 19.8 Å². The first kappa shape index (κ1) is 12.1. The van der Waals surface area contributed by atoms with Crippen LogP contribution < -0.4 is 0 Å². The number of hydrogen-bond donors (Lipinski definition) is 2. The van der Waals surface area contributed by atoms with Crippen LogP contribution in [-0.2, 0) is 10.1 Å². The maximum atomic E-state index is 10.1. The van der Waals surface area contributed by atoms with Crippen molar-refractivity contribution in [1.82, 2.24) is 0 Å². The molecule has 0 aliphatic rings. The van der Waals surface area contributed by atoms with E-state index in [9.17, 15) is 13.2 Å². The van der Waals surface area contributed by atoms with Gasteiger partial charge in [0.25, 0.3) is 10.1 Å². The molecule has 74 valence electrons. The number of hydrogen-bond acceptors (Lipinski definition) is 4. The molecule has 0 aromatic carbocycles. The summed E-state index contributed by atoms with van der Waals surface area (Å²) in [5, 5.41) is 11.6. The summed E-state index contributed by atoms with van der Waals surface area (Å²) in [6.07, 6.45) is 0.715. The highest BCUT2D eigenvalue weighted by Gasteiger charge is 1.98. The molecule has 13 heavy (non-hydrogen) atoms. The first-order valence-corrected chi connectivity index (χ1v) is 5.78. The largest absolute Gasteiger partial charge is 0.478 e. The van der Waals surface area contributed by atoms with E-state index < -0.39 is 16.1 Å². The SMILES string of the molecule is CS(=O)(=O)O.O=C(O)c1ccsc1. The Bertz CT molecular complexity index is 342. The Kier molecular flexibility index (Phi) is 4.60. The second-order valence-corrected chi connectivity index (χ2v) is 4.30. The van der Waals surface area contributed by atoms with Gasteiger partial charge in [-0.15, -0.1) is 0 Å². The normalized spacial score (nSPS) is 10.0. The van der Waals surface area contributed by atoms with Crippen molar-refractivity contribution in [3.63, 3.8) is 0 Å². The fraction of sp³-hybridized carbons (Fsp3) is 0.167. The summed E-state index contributed by atoms with van der Waals surface area (Å²) in [7, 11) is -3.67. The van der Waals surface area contributed by atoms with Gasteiger partial charge in [0.1, 0.15) is 0 Å². The van der Waals surface area contributed by atoms with Crippen molar-refractivity contribution in [2.45, 2.75) is 0 Å². The molecular weight excluding hydrogens is 216 g/mol. The fourth-order valence-corrected chi connectivity index (χ4v) is 1.02. The Morgan fingerprint density at radius 3 is 2.15 bits per heavy atom. The zero-order chi connectivity index (χ0) is 10.5. The van der Waals surface area contributed by atoms with Gasteiger partial charge in [0.15, 0.2) is 0 Å². The average Bonchev–Trinajstić information content (AvgIpc) is 2.31. The minimum Gasteiger partial charge on any atom is -0.478 e. The molecule has 1 aromatic heterocycles. The van der Waals surface area contributed by atoms with Gasteiger partial charge in [-0.25, -0.2) is 4.79 Å². The van der Waals surface area contributed by atoms with Crippen LogP contribution in [0.3, 0.4) is 0 Å². The summed E-state index contributed by atoms with van der Waals surface area (Å²) in [6.45, 7) is 0. The van der Waals surface area contributed by atoms with Crippen LogP contribution in [0.25, 0.3) is 0 Å². The van der Waals surface area contributed by atoms with Crippen molar-refractivity contribution >= 4 is 27.4 Å². The summed E-state index contributed by atoms with van der Waals surface area (Å²) >= 11 is 1.39. The molecule has 1 rings (SSSR count). The predicted molar refractivity (Wildman–Crippen MR) is 48.8 cm³/mol. The Morgan fingerprint density at radius 2 is 2.00 bits per heavy atom. The molecule has 2 N–H and O–H groups in total. The van der Waals surface area contributed by atoms with Crippen molar-refractivity contribution < 1.29 is 22.9 Å². The van der Waals surface area contributed by atoms with E-state index >= 15 is 0 Å². The number of carboxylic acid groups (broad SMARTS) is 1. The van der Waals surface area contributed by atoms with E-state index in [1.54, 1.807) is 16.8 Å². The van der Waals surface area contributed by atoms with Gasteiger partial charge in [0.05, 0.1) is 11.8 Å². The lowest BCUT2D eigenvalue weighted by Crippen LogP contribution is -1.90. The first-order valence-electron chi connectivity index (χ1n) is 2.98. The average molecular weight is 224 g/mol. The lowest BCUT2D eigenvalue weighted by atomic mass is 10.4. The Labute approximate surface area is 79.4 Å². The molecule has 0 amide bonds. The van der Waals surface area contributed by atoms with Gasteiger partial charge in [0.2, 0.25) is 0 Å². The lowest BCUT2D eigenvalue weighted by Gasteiger charge is -1.78. The zero-order valence-corrected chi connectivity index (χ0v) is 8.30. The van der Waals surface area contributed by atoms with Crippen LogP contribution in [0, 0.1) is 0 Å². The van der Waals surface area contributed by atoms with E-state index in [-0.39, 0.29) is 0 Å². The summed E-state index contributed by atoms with van der Waals surface area (Å²) in [5.41, 5.74) is 0.370. The molecule has 0 bridgehead atoms. The van der Waals surface area contributed by atoms with Crippen LogP contribution in [0.5, 0.6) is 0 Å². The van der Waals surface area contributed by atoms with Crippen molar-refractivity contribution in [3.05, 3.63) is 22.4 Å². The van der Waals surface area contributed by atoms with Crippen LogP contribution in [0.2, 0.25) is 0 Å². The molecule has 0 atom stereocenters. The topological polar surface area (TPSA) is 91.7 Å². The molecule has 1 heterocycles. The third-order valence-corrected chi connectivity index (χ3v) is 1.45. The predicted octanol–water partition coefficient (Wildman–Crippen LogP) is 0.950. The summed E-state index contributed by atoms with van der Waals surface area (Å²) < 4.78 is 25.9. The third-order valence-electron chi connectivity index (χ3n) is 0.768. The van der Waals surface area contributed by atoms with Gasteiger partial charge >= 0.3 is 5.97 Å². The molecule has 0 saturated carbocycles. The first-order chi connectivity index (χ1) is 5.80. The number of carbonyl (C=O) groups is 1. The molecule has 0 unspecified atom stereocenters. The third kappa shape index (κ3) is 8.99. The smallest absolute Gasteiger partial charge is 0.336 e. The van der Waals surface area contributed by atoms with Crippen LogP contribution in [0.4, 0.5) is 0 Å². The van der Waals surface area contributed by atoms with Crippen LogP contribution in [-0.4, -0.2) is 30.3 Å². The summed E-state index contributed by atoms with van der Waals surface area (Å²) in [5.74, 6) is -0.855. The van der Waals surface area contributed by atoms with Crippen molar-refractivity contribution in [3.8, 4) is 0 Å². The van der Waals surface area contributed by atoms with Gasteiger partial charge in [-0.3, -0.25) is 4.55 Å². The number of thiophene rings is 1. The van der Waals surface area contributed by atoms with Crippen molar-refractivity contribution in [2.24, 2.45) is 0 Å². The van der Waals surface area contributed by atoms with Gasteiger partial charge in [-0.1, -0.05) is 0 Å². The van der Waals surface area contributed by atoms with E-state index in [2.05, 4.69) is 0 Å². The van der Waals surface area contributed by atoms with Gasteiger partial charge in [-0.05, 0) is 11.4 Å². The number of carboxylic acids is 1. The van der Waals surface area contributed by atoms with E-state index in [4.69, 9.17) is 9.66 Å². The highest BCUT2D eigenvalue weighted by Crippen LogP contribution is 2.04. The molecule has 7 heteroatoms. The van der Waals surface area contributed by atoms with Gasteiger partial charge < -0.3 is 5.11 Å². The molecule has 0 saturated heterocycles. The zero-order valence-electron chi connectivity index (χ0n) is 6.67.